The van der Waals surface area contributed by atoms with E-state index in [9.17, 15) is 4.79 Å². The summed E-state index contributed by atoms with van der Waals surface area (Å²) in [5.74, 6) is 3.22. The van der Waals surface area contributed by atoms with Gasteiger partial charge in [0.15, 0.2) is 5.82 Å². The Bertz CT molecular complexity index is 436. The molecule has 0 N–H and O–H groups in total. The zero-order valence-electron chi connectivity index (χ0n) is 8.47. The second-order valence-electron chi connectivity index (χ2n) is 3.59. The van der Waals surface area contributed by atoms with Crippen LogP contribution in [0.3, 0.4) is 0 Å². The van der Waals surface area contributed by atoms with Gasteiger partial charge in [-0.05, 0) is 6.92 Å². The fourth-order valence-corrected chi connectivity index (χ4v) is 1.62. The second-order valence-corrected chi connectivity index (χ2v) is 3.59. The topological polar surface area (TPSA) is 46.1 Å². The number of hydrogen-bond donors (Lipinski definition) is 0. The maximum atomic E-state index is 11.6. The van der Waals surface area contributed by atoms with Crippen LogP contribution >= 0.6 is 0 Å². The molecule has 15 heavy (non-hydrogen) atoms. The van der Waals surface area contributed by atoms with E-state index in [4.69, 9.17) is 6.42 Å². The molecule has 0 saturated carbocycles. The number of carbonyl (C=O) groups excluding carboxylic acids is 1. The van der Waals surface area contributed by atoms with Gasteiger partial charge in [-0.1, -0.05) is 0 Å². The fraction of sp³-hybridized carbons (Fsp3) is 0.364. The third-order valence-electron chi connectivity index (χ3n) is 2.38. The van der Waals surface area contributed by atoms with Crippen molar-refractivity contribution in [2.45, 2.75) is 13.3 Å². The van der Waals surface area contributed by atoms with E-state index in [-0.39, 0.29) is 11.8 Å². The zero-order valence-corrected chi connectivity index (χ0v) is 8.47. The monoisotopic (exact) mass is 201 g/mol. The number of anilines is 1. The number of hydrogen-bond acceptors (Lipinski definition) is 3. The van der Waals surface area contributed by atoms with Gasteiger partial charge < -0.3 is 0 Å². The molecule has 4 heteroatoms. The molecule has 1 unspecified atom stereocenters. The van der Waals surface area contributed by atoms with Crippen LogP contribution in [0.2, 0.25) is 0 Å². The number of carbonyl (C=O) groups is 1. The summed E-state index contributed by atoms with van der Waals surface area (Å²) in [6.45, 7) is 2.39. The van der Waals surface area contributed by atoms with Gasteiger partial charge in [0.1, 0.15) is 0 Å². The molecule has 1 aromatic heterocycles. The molecule has 0 aliphatic carbocycles. The highest BCUT2D eigenvalue weighted by atomic mass is 16.2. The van der Waals surface area contributed by atoms with Crippen LogP contribution in [0, 0.1) is 25.2 Å². The molecule has 1 aliphatic rings. The summed E-state index contributed by atoms with van der Waals surface area (Å²) in [7, 11) is 0. The van der Waals surface area contributed by atoms with Crippen molar-refractivity contribution in [2.75, 3.05) is 11.4 Å². The summed E-state index contributed by atoms with van der Waals surface area (Å²) in [5.41, 5.74) is 0.796. The Kier molecular flexibility index (Phi) is 2.38. The SMILES string of the molecule is C#CC1CC(=O)N(c2cncc(C)n2)C1. The average Bonchev–Trinajstić information content (AvgIpc) is 2.60. The van der Waals surface area contributed by atoms with Crippen LogP contribution < -0.4 is 4.90 Å². The van der Waals surface area contributed by atoms with Gasteiger partial charge in [0.25, 0.3) is 0 Å². The highest BCUT2D eigenvalue weighted by molar-refractivity contribution is 5.95. The van der Waals surface area contributed by atoms with Crippen LogP contribution in [0.15, 0.2) is 12.4 Å². The summed E-state index contributed by atoms with van der Waals surface area (Å²) in [6, 6.07) is 0. The molecule has 76 valence electrons. The van der Waals surface area contributed by atoms with Crippen LogP contribution in [0.1, 0.15) is 12.1 Å². The van der Waals surface area contributed by atoms with Crippen LogP contribution in [0.4, 0.5) is 5.82 Å². The number of aromatic nitrogens is 2. The zero-order chi connectivity index (χ0) is 10.8. The quantitative estimate of drug-likeness (QED) is 0.630. The standard InChI is InChI=1S/C11H11N3O/c1-3-9-4-11(15)14(7-9)10-6-12-5-8(2)13-10/h1,5-6,9H,4,7H2,2H3. The third-order valence-corrected chi connectivity index (χ3v) is 2.38. The lowest BCUT2D eigenvalue weighted by molar-refractivity contribution is -0.117. The van der Waals surface area contributed by atoms with E-state index in [2.05, 4.69) is 15.9 Å². The van der Waals surface area contributed by atoms with E-state index >= 15 is 0 Å². The van der Waals surface area contributed by atoms with Crippen molar-refractivity contribution in [2.24, 2.45) is 5.92 Å². The molecular weight excluding hydrogens is 190 g/mol. The highest BCUT2D eigenvalue weighted by Gasteiger charge is 2.30. The maximum absolute atomic E-state index is 11.6. The van der Waals surface area contributed by atoms with Crippen molar-refractivity contribution in [3.63, 3.8) is 0 Å². The largest absolute Gasteiger partial charge is 0.294 e. The molecule has 1 aromatic rings. The van der Waals surface area contributed by atoms with Gasteiger partial charge in [0.05, 0.1) is 11.9 Å². The van der Waals surface area contributed by atoms with E-state index in [1.54, 1.807) is 17.3 Å². The van der Waals surface area contributed by atoms with Crippen LogP contribution in [-0.2, 0) is 4.79 Å². The molecular formula is C11H11N3O. The molecule has 0 radical (unpaired) electrons. The lowest BCUT2D eigenvalue weighted by Gasteiger charge is -2.14. The maximum Gasteiger partial charge on any atom is 0.229 e. The van der Waals surface area contributed by atoms with E-state index in [1.807, 2.05) is 6.92 Å². The summed E-state index contributed by atoms with van der Waals surface area (Å²) in [4.78, 5) is 21.5. The Balaban J connectivity index is 2.26. The minimum Gasteiger partial charge on any atom is -0.294 e. The van der Waals surface area contributed by atoms with Gasteiger partial charge in [-0.2, -0.15) is 0 Å². The van der Waals surface area contributed by atoms with Crippen LogP contribution in [0.25, 0.3) is 0 Å². The van der Waals surface area contributed by atoms with Gasteiger partial charge in [-0.3, -0.25) is 14.7 Å². The van der Waals surface area contributed by atoms with Crippen molar-refractivity contribution in [3.8, 4) is 12.3 Å². The summed E-state index contributed by atoms with van der Waals surface area (Å²) < 4.78 is 0. The number of terminal acetylenes is 1. The van der Waals surface area contributed by atoms with Gasteiger partial charge >= 0.3 is 0 Å². The summed E-state index contributed by atoms with van der Waals surface area (Å²) >= 11 is 0. The summed E-state index contributed by atoms with van der Waals surface area (Å²) in [5, 5.41) is 0. The van der Waals surface area contributed by atoms with Gasteiger partial charge in [0.2, 0.25) is 5.91 Å². The van der Waals surface area contributed by atoms with Gasteiger partial charge in [0, 0.05) is 25.1 Å². The first kappa shape index (κ1) is 9.66. The lowest BCUT2D eigenvalue weighted by Crippen LogP contribution is -2.25. The molecule has 1 fully saturated rings. The highest BCUT2D eigenvalue weighted by Crippen LogP contribution is 2.22. The molecule has 4 nitrogen and oxygen atoms in total. The van der Waals surface area contributed by atoms with Crippen molar-refractivity contribution >= 4 is 11.7 Å². The van der Waals surface area contributed by atoms with E-state index in [0.29, 0.717) is 18.8 Å². The molecule has 1 aliphatic heterocycles. The Labute approximate surface area is 88.3 Å². The fourth-order valence-electron chi connectivity index (χ4n) is 1.62. The number of rotatable bonds is 1. The van der Waals surface area contributed by atoms with Gasteiger partial charge in [-0.15, -0.1) is 12.3 Å². The predicted octanol–water partition coefficient (Wildman–Crippen LogP) is 0.771. The smallest absolute Gasteiger partial charge is 0.229 e. The summed E-state index contributed by atoms with van der Waals surface area (Å²) in [6.07, 6.45) is 8.95. The first-order chi connectivity index (χ1) is 7.20. The molecule has 1 amide bonds. The molecule has 0 spiro atoms. The van der Waals surface area contributed by atoms with Gasteiger partial charge in [-0.25, -0.2) is 4.98 Å². The van der Waals surface area contributed by atoms with E-state index < -0.39 is 0 Å². The van der Waals surface area contributed by atoms with E-state index in [0.717, 1.165) is 5.69 Å². The number of amides is 1. The lowest BCUT2D eigenvalue weighted by atomic mass is 10.1. The minimum atomic E-state index is -0.000174. The number of aryl methyl sites for hydroxylation is 1. The Morgan fingerprint density at radius 2 is 2.40 bits per heavy atom. The predicted molar refractivity (Wildman–Crippen MR) is 56.1 cm³/mol. The Morgan fingerprint density at radius 3 is 3.00 bits per heavy atom. The number of nitrogens with zero attached hydrogens (tertiary/aromatic N) is 3. The first-order valence-corrected chi connectivity index (χ1v) is 4.76. The average molecular weight is 201 g/mol. The Morgan fingerprint density at radius 1 is 1.60 bits per heavy atom. The Hall–Kier alpha value is -1.89. The molecule has 1 saturated heterocycles. The van der Waals surface area contributed by atoms with Crippen LogP contribution in [-0.4, -0.2) is 22.4 Å². The van der Waals surface area contributed by atoms with Crippen molar-refractivity contribution < 1.29 is 4.79 Å². The van der Waals surface area contributed by atoms with Crippen molar-refractivity contribution in [3.05, 3.63) is 18.1 Å². The molecule has 0 bridgehead atoms. The normalized spacial score (nSPS) is 20.4. The minimum absolute atomic E-state index is 0.000174. The molecule has 2 rings (SSSR count). The van der Waals surface area contributed by atoms with E-state index in [1.165, 1.54) is 0 Å². The molecule has 0 aromatic carbocycles. The first-order valence-electron chi connectivity index (χ1n) is 4.76. The second kappa shape index (κ2) is 3.70. The van der Waals surface area contributed by atoms with Crippen molar-refractivity contribution in [1.29, 1.82) is 0 Å². The van der Waals surface area contributed by atoms with Crippen LogP contribution in [0.5, 0.6) is 0 Å². The molecule has 2 heterocycles. The third kappa shape index (κ3) is 1.82. The van der Waals surface area contributed by atoms with Crippen molar-refractivity contribution in [1.82, 2.24) is 9.97 Å². The molecule has 1 atom stereocenters.